The van der Waals surface area contributed by atoms with Crippen LogP contribution in [0.1, 0.15) is 24.7 Å². The normalized spacial score (nSPS) is 11.8. The summed E-state index contributed by atoms with van der Waals surface area (Å²) >= 11 is 1.36. The van der Waals surface area contributed by atoms with Crippen molar-refractivity contribution in [2.24, 2.45) is 0 Å². The SMILES string of the molecule is CCCn1c(CSc2ncc(C#N)c(N)n2)nc2cc(S(=O)(=O)N(C)C)ccc21. The van der Waals surface area contributed by atoms with E-state index in [1.54, 1.807) is 18.2 Å². The zero-order valence-corrected chi connectivity index (χ0v) is 18.0. The average Bonchev–Trinajstić information content (AvgIpc) is 3.03. The summed E-state index contributed by atoms with van der Waals surface area (Å²) < 4.78 is 28.1. The predicted octanol–water partition coefficient (Wildman–Crippen LogP) is 2.23. The van der Waals surface area contributed by atoms with Crippen LogP contribution in [0.5, 0.6) is 0 Å². The molecule has 0 aliphatic heterocycles. The highest BCUT2D eigenvalue weighted by Crippen LogP contribution is 2.26. The van der Waals surface area contributed by atoms with Crippen molar-refractivity contribution < 1.29 is 8.42 Å². The number of nitrogens with zero attached hydrogens (tertiary/aromatic N) is 6. The third-order valence-electron chi connectivity index (χ3n) is 4.27. The lowest BCUT2D eigenvalue weighted by atomic mass is 10.3. The van der Waals surface area contributed by atoms with Gasteiger partial charge in [-0.3, -0.25) is 0 Å². The molecule has 0 aliphatic rings. The first-order valence-electron chi connectivity index (χ1n) is 8.85. The molecule has 2 heterocycles. The Morgan fingerprint density at radius 1 is 1.31 bits per heavy atom. The lowest BCUT2D eigenvalue weighted by molar-refractivity contribution is 0.521. The van der Waals surface area contributed by atoms with Gasteiger partial charge in [-0.25, -0.2) is 27.7 Å². The number of thioether (sulfide) groups is 1. The fraction of sp³-hybridized carbons (Fsp3) is 0.333. The molecule has 3 aromatic rings. The van der Waals surface area contributed by atoms with Gasteiger partial charge in [-0.05, 0) is 24.6 Å². The highest BCUT2D eigenvalue weighted by Gasteiger charge is 2.20. The van der Waals surface area contributed by atoms with E-state index in [4.69, 9.17) is 11.0 Å². The minimum Gasteiger partial charge on any atom is -0.382 e. The van der Waals surface area contributed by atoms with Crippen molar-refractivity contribution in [3.8, 4) is 6.07 Å². The Balaban J connectivity index is 1.95. The Kier molecular flexibility index (Phi) is 6.07. The number of aromatic nitrogens is 4. The Hall–Kier alpha value is -2.68. The molecule has 0 atom stereocenters. The molecule has 0 saturated heterocycles. The summed E-state index contributed by atoms with van der Waals surface area (Å²) in [6, 6.07) is 6.93. The quantitative estimate of drug-likeness (QED) is 0.445. The number of aryl methyl sites for hydroxylation is 1. The average molecular weight is 432 g/mol. The molecule has 1 aromatic carbocycles. The maximum Gasteiger partial charge on any atom is 0.242 e. The second-order valence-electron chi connectivity index (χ2n) is 6.47. The molecule has 0 amide bonds. The molecule has 0 spiro atoms. The number of imidazole rings is 1. The second-order valence-corrected chi connectivity index (χ2v) is 9.56. The highest BCUT2D eigenvalue weighted by molar-refractivity contribution is 7.98. The van der Waals surface area contributed by atoms with Gasteiger partial charge in [0, 0.05) is 20.6 Å². The molecule has 9 nitrogen and oxygen atoms in total. The van der Waals surface area contributed by atoms with Crippen molar-refractivity contribution in [2.45, 2.75) is 35.7 Å². The molecule has 0 aliphatic carbocycles. The smallest absolute Gasteiger partial charge is 0.242 e. The molecule has 29 heavy (non-hydrogen) atoms. The number of hydrogen-bond acceptors (Lipinski definition) is 8. The van der Waals surface area contributed by atoms with Gasteiger partial charge in [0.05, 0.1) is 27.9 Å². The highest BCUT2D eigenvalue weighted by atomic mass is 32.2. The first-order valence-corrected chi connectivity index (χ1v) is 11.3. The maximum atomic E-state index is 12.4. The summed E-state index contributed by atoms with van der Waals surface area (Å²) in [5.41, 5.74) is 7.49. The Labute approximate surface area is 173 Å². The zero-order valence-electron chi connectivity index (χ0n) is 16.3. The van der Waals surface area contributed by atoms with Crippen molar-refractivity contribution in [1.82, 2.24) is 23.8 Å². The van der Waals surface area contributed by atoms with Crippen LogP contribution in [0.2, 0.25) is 0 Å². The molecule has 0 radical (unpaired) electrons. The number of nitriles is 1. The van der Waals surface area contributed by atoms with E-state index in [1.807, 2.05) is 6.07 Å². The summed E-state index contributed by atoms with van der Waals surface area (Å²) in [5.74, 6) is 1.42. The van der Waals surface area contributed by atoms with Gasteiger partial charge in [-0.15, -0.1) is 0 Å². The van der Waals surface area contributed by atoms with E-state index in [0.717, 1.165) is 24.3 Å². The lowest BCUT2D eigenvalue weighted by Crippen LogP contribution is -2.22. The summed E-state index contributed by atoms with van der Waals surface area (Å²) in [5, 5.41) is 9.38. The van der Waals surface area contributed by atoms with E-state index in [-0.39, 0.29) is 16.3 Å². The molecule has 2 N–H and O–H groups in total. The van der Waals surface area contributed by atoms with E-state index in [0.29, 0.717) is 16.4 Å². The van der Waals surface area contributed by atoms with Crippen molar-refractivity contribution in [3.63, 3.8) is 0 Å². The van der Waals surface area contributed by atoms with Crippen LogP contribution in [-0.4, -0.2) is 46.3 Å². The van der Waals surface area contributed by atoms with Gasteiger partial charge in [0.15, 0.2) is 5.16 Å². The molecule has 0 bridgehead atoms. The third kappa shape index (κ3) is 4.19. The maximum absolute atomic E-state index is 12.4. The zero-order chi connectivity index (χ0) is 21.2. The lowest BCUT2D eigenvalue weighted by Gasteiger charge is -2.11. The van der Waals surface area contributed by atoms with Crippen LogP contribution >= 0.6 is 11.8 Å². The van der Waals surface area contributed by atoms with Crippen LogP contribution < -0.4 is 5.73 Å². The van der Waals surface area contributed by atoms with E-state index >= 15 is 0 Å². The third-order valence-corrected chi connectivity index (χ3v) is 6.94. The fourth-order valence-electron chi connectivity index (χ4n) is 2.78. The number of benzene rings is 1. The Morgan fingerprint density at radius 2 is 2.07 bits per heavy atom. The molecule has 152 valence electrons. The number of nitrogen functional groups attached to an aromatic ring is 1. The molecule has 0 fully saturated rings. The van der Waals surface area contributed by atoms with Crippen LogP contribution in [-0.2, 0) is 22.3 Å². The number of fused-ring (bicyclic) bond motifs is 1. The van der Waals surface area contributed by atoms with Gasteiger partial charge in [0.1, 0.15) is 23.3 Å². The number of sulfonamides is 1. The largest absolute Gasteiger partial charge is 0.382 e. The van der Waals surface area contributed by atoms with Gasteiger partial charge < -0.3 is 10.3 Å². The molecule has 0 unspecified atom stereocenters. The van der Waals surface area contributed by atoms with Crippen LogP contribution in [0.3, 0.4) is 0 Å². The number of rotatable bonds is 7. The standard InChI is InChI=1S/C18H21N7O2S2/c1-4-7-25-15-6-5-13(29(26,27)24(2)3)8-14(15)22-16(25)11-28-18-21-10-12(9-19)17(20)23-18/h5-6,8,10H,4,7,11H2,1-3H3,(H2,20,21,23). The van der Waals surface area contributed by atoms with Crippen LogP contribution in [0, 0.1) is 11.3 Å². The molecule has 11 heteroatoms. The number of nitrogens with two attached hydrogens (primary N) is 1. The van der Waals surface area contributed by atoms with E-state index < -0.39 is 10.0 Å². The molecular weight excluding hydrogens is 410 g/mol. The van der Waals surface area contributed by atoms with Crippen molar-refractivity contribution in [1.29, 1.82) is 5.26 Å². The minimum absolute atomic E-state index is 0.144. The molecule has 3 rings (SSSR count). The van der Waals surface area contributed by atoms with Crippen molar-refractivity contribution >= 4 is 38.6 Å². The Bertz CT molecular complexity index is 1200. The van der Waals surface area contributed by atoms with E-state index in [9.17, 15) is 8.42 Å². The van der Waals surface area contributed by atoms with Gasteiger partial charge in [-0.1, -0.05) is 18.7 Å². The fourth-order valence-corrected chi connectivity index (χ4v) is 4.47. The van der Waals surface area contributed by atoms with Gasteiger partial charge in [-0.2, -0.15) is 5.26 Å². The number of hydrogen-bond donors (Lipinski definition) is 1. The minimum atomic E-state index is -3.53. The first kappa shape index (κ1) is 21.0. The van der Waals surface area contributed by atoms with Crippen molar-refractivity contribution in [2.75, 3.05) is 19.8 Å². The topological polar surface area (TPSA) is 131 Å². The second kappa shape index (κ2) is 8.36. The van der Waals surface area contributed by atoms with Crippen LogP contribution in [0.4, 0.5) is 5.82 Å². The monoisotopic (exact) mass is 431 g/mol. The number of anilines is 1. The summed E-state index contributed by atoms with van der Waals surface area (Å²) in [4.78, 5) is 13.2. The predicted molar refractivity (Wildman–Crippen MR) is 112 cm³/mol. The van der Waals surface area contributed by atoms with Crippen molar-refractivity contribution in [3.05, 3.63) is 35.8 Å². The molecular formula is C18H21N7O2S2. The summed E-state index contributed by atoms with van der Waals surface area (Å²) in [6.07, 6.45) is 2.30. The summed E-state index contributed by atoms with van der Waals surface area (Å²) in [7, 11) is -0.531. The van der Waals surface area contributed by atoms with E-state index in [1.165, 1.54) is 36.4 Å². The molecule has 2 aromatic heterocycles. The first-order chi connectivity index (χ1) is 13.8. The van der Waals surface area contributed by atoms with Gasteiger partial charge >= 0.3 is 0 Å². The van der Waals surface area contributed by atoms with Crippen LogP contribution in [0.15, 0.2) is 34.4 Å². The van der Waals surface area contributed by atoms with Crippen LogP contribution in [0.25, 0.3) is 11.0 Å². The van der Waals surface area contributed by atoms with Gasteiger partial charge in [0.2, 0.25) is 10.0 Å². The summed E-state index contributed by atoms with van der Waals surface area (Å²) in [6.45, 7) is 2.82. The van der Waals surface area contributed by atoms with Gasteiger partial charge in [0.25, 0.3) is 0 Å². The van der Waals surface area contributed by atoms with E-state index in [2.05, 4.69) is 26.4 Å². The molecule has 0 saturated carbocycles. The Morgan fingerprint density at radius 3 is 2.69 bits per heavy atom.